The molecule has 0 atom stereocenters. The number of hydrogen-bond acceptors (Lipinski definition) is 6. The van der Waals surface area contributed by atoms with Crippen molar-refractivity contribution in [2.24, 2.45) is 0 Å². The second kappa shape index (κ2) is 8.13. The molecule has 102 valence electrons. The Labute approximate surface area is 107 Å². The van der Waals surface area contributed by atoms with Crippen LogP contribution in [0.5, 0.6) is 0 Å². The molecule has 0 aromatic carbocycles. The lowest BCUT2D eigenvalue weighted by Gasteiger charge is -1.91. The average molecular weight is 268 g/mol. The van der Waals surface area contributed by atoms with E-state index in [1.807, 2.05) is 0 Å². The molecule has 1 rings (SSSR count). The third-order valence-corrected chi connectivity index (χ3v) is 1.62. The number of nitrogen functional groups attached to an aromatic ring is 1. The predicted octanol–water partition coefficient (Wildman–Crippen LogP) is 0.205. The Balaban J connectivity index is 0.000000342. The number of carbonyl (C=O) groups is 2. The number of ether oxygens (including phenoxy) is 1. The monoisotopic (exact) mass is 268 g/mol. The lowest BCUT2D eigenvalue weighted by Crippen LogP contribution is -1.98. The van der Waals surface area contributed by atoms with E-state index in [0.29, 0.717) is 6.61 Å². The highest BCUT2D eigenvalue weighted by atomic mass is 16.5. The zero-order chi connectivity index (χ0) is 14.8. The molecular formula is C10H12N4O5. The van der Waals surface area contributed by atoms with Crippen molar-refractivity contribution < 1.29 is 24.5 Å². The van der Waals surface area contributed by atoms with Gasteiger partial charge in [-0.25, -0.2) is 9.59 Å². The number of nitrogens with two attached hydrogens (primary N) is 1. The second-order valence-corrected chi connectivity index (χ2v) is 2.91. The zero-order valence-corrected chi connectivity index (χ0v) is 9.95. The fourth-order valence-corrected chi connectivity index (χ4v) is 0.758. The number of aromatic nitrogens is 2. The molecule has 0 unspecified atom stereocenters. The van der Waals surface area contributed by atoms with Gasteiger partial charge in [0.2, 0.25) is 0 Å². The number of carboxylic acids is 2. The van der Waals surface area contributed by atoms with E-state index in [-0.39, 0.29) is 17.0 Å². The first-order valence-corrected chi connectivity index (χ1v) is 4.91. The Bertz CT molecular complexity index is 514. The summed E-state index contributed by atoms with van der Waals surface area (Å²) in [5, 5.41) is 30.4. The highest BCUT2D eigenvalue weighted by molar-refractivity contribution is 5.92. The number of nitrogens with zero attached hydrogens (tertiary/aromatic N) is 2. The summed E-state index contributed by atoms with van der Waals surface area (Å²) in [6.45, 7) is 2.06. The van der Waals surface area contributed by atoms with Crippen LogP contribution in [0.2, 0.25) is 0 Å². The summed E-state index contributed by atoms with van der Waals surface area (Å²) in [4.78, 5) is 20.2. The highest BCUT2D eigenvalue weighted by Gasteiger charge is 2.07. The third kappa shape index (κ3) is 5.73. The van der Waals surface area contributed by atoms with E-state index >= 15 is 0 Å². The number of aliphatic carboxylic acids is 1. The SMILES string of the molecule is CCOC=C(C#N)C(=O)O.Nc1[nH]ncc1C(=O)O. The van der Waals surface area contributed by atoms with Crippen LogP contribution in [0.25, 0.3) is 0 Å². The van der Waals surface area contributed by atoms with Crippen molar-refractivity contribution in [2.75, 3.05) is 12.3 Å². The summed E-state index contributed by atoms with van der Waals surface area (Å²) in [7, 11) is 0. The van der Waals surface area contributed by atoms with Crippen molar-refractivity contribution in [2.45, 2.75) is 6.92 Å². The molecule has 9 nitrogen and oxygen atoms in total. The summed E-state index contributed by atoms with van der Waals surface area (Å²) < 4.78 is 4.58. The first-order valence-electron chi connectivity index (χ1n) is 4.91. The van der Waals surface area contributed by atoms with E-state index < -0.39 is 11.9 Å². The van der Waals surface area contributed by atoms with Crippen molar-refractivity contribution in [1.29, 1.82) is 5.26 Å². The fourth-order valence-electron chi connectivity index (χ4n) is 0.758. The maximum absolute atomic E-state index is 10.1. The van der Waals surface area contributed by atoms with Gasteiger partial charge >= 0.3 is 11.9 Å². The van der Waals surface area contributed by atoms with E-state index in [1.165, 1.54) is 6.07 Å². The molecule has 0 spiro atoms. The van der Waals surface area contributed by atoms with Crippen molar-refractivity contribution >= 4 is 17.8 Å². The van der Waals surface area contributed by atoms with Gasteiger partial charge in [0.05, 0.1) is 12.8 Å². The van der Waals surface area contributed by atoms with E-state index in [9.17, 15) is 9.59 Å². The molecule has 0 bridgehead atoms. The lowest BCUT2D eigenvalue weighted by molar-refractivity contribution is -0.132. The molecule has 0 saturated carbocycles. The van der Waals surface area contributed by atoms with Crippen LogP contribution in [0.15, 0.2) is 18.0 Å². The molecule has 1 heterocycles. The first-order chi connectivity index (χ1) is 8.93. The first kappa shape index (κ1) is 16.0. The average Bonchev–Trinajstić information content (AvgIpc) is 2.77. The standard InChI is InChI=1S/C6H7NO3.C4H5N3O2/c1-2-10-4-5(3-7)6(8)9;5-3-2(4(8)9)1-6-7-3/h4H,2H2,1H3,(H,8,9);1H,(H,8,9)(H3,5,6,7). The van der Waals surface area contributed by atoms with Crippen LogP contribution in [0, 0.1) is 11.3 Å². The van der Waals surface area contributed by atoms with Crippen LogP contribution in [-0.4, -0.2) is 39.0 Å². The van der Waals surface area contributed by atoms with Crippen LogP contribution in [0.3, 0.4) is 0 Å². The number of nitrogens with one attached hydrogen (secondary N) is 1. The topological polar surface area (TPSA) is 162 Å². The number of anilines is 1. The molecule has 0 aliphatic heterocycles. The van der Waals surface area contributed by atoms with Crippen molar-refractivity contribution in [3.05, 3.63) is 23.6 Å². The molecule has 9 heteroatoms. The number of rotatable bonds is 4. The van der Waals surface area contributed by atoms with Gasteiger partial charge in [-0.3, -0.25) is 5.10 Å². The Morgan fingerprint density at radius 3 is 2.53 bits per heavy atom. The Hall–Kier alpha value is -3.02. The van der Waals surface area contributed by atoms with Crippen molar-refractivity contribution in [3.63, 3.8) is 0 Å². The van der Waals surface area contributed by atoms with Gasteiger partial charge in [0, 0.05) is 0 Å². The molecule has 19 heavy (non-hydrogen) atoms. The van der Waals surface area contributed by atoms with Crippen LogP contribution in [0.1, 0.15) is 17.3 Å². The molecular weight excluding hydrogens is 256 g/mol. The molecule has 0 aliphatic carbocycles. The number of hydrogen-bond donors (Lipinski definition) is 4. The largest absolute Gasteiger partial charge is 0.500 e. The van der Waals surface area contributed by atoms with Crippen molar-refractivity contribution in [1.82, 2.24) is 10.2 Å². The van der Waals surface area contributed by atoms with Gasteiger partial charge in [-0.05, 0) is 6.92 Å². The predicted molar refractivity (Wildman–Crippen MR) is 62.9 cm³/mol. The number of carboxylic acid groups (broad SMARTS) is 2. The molecule has 0 saturated heterocycles. The van der Waals surface area contributed by atoms with Gasteiger partial charge in [-0.15, -0.1) is 0 Å². The number of nitriles is 1. The number of aromatic amines is 1. The fraction of sp³-hybridized carbons (Fsp3) is 0.200. The van der Waals surface area contributed by atoms with E-state index in [0.717, 1.165) is 12.5 Å². The van der Waals surface area contributed by atoms with Gasteiger partial charge in [-0.2, -0.15) is 10.4 Å². The second-order valence-electron chi connectivity index (χ2n) is 2.91. The Kier molecular flexibility index (Phi) is 6.84. The van der Waals surface area contributed by atoms with Crippen LogP contribution in [0.4, 0.5) is 5.82 Å². The van der Waals surface area contributed by atoms with Crippen LogP contribution in [-0.2, 0) is 9.53 Å². The Morgan fingerprint density at radius 1 is 1.63 bits per heavy atom. The minimum Gasteiger partial charge on any atom is -0.500 e. The van der Waals surface area contributed by atoms with E-state index in [1.54, 1.807) is 6.92 Å². The van der Waals surface area contributed by atoms with Crippen molar-refractivity contribution in [3.8, 4) is 6.07 Å². The van der Waals surface area contributed by atoms with Gasteiger partial charge in [-0.1, -0.05) is 0 Å². The zero-order valence-electron chi connectivity index (χ0n) is 9.95. The molecule has 5 N–H and O–H groups in total. The molecule has 0 amide bonds. The van der Waals surface area contributed by atoms with E-state index in [2.05, 4.69) is 14.9 Å². The molecule has 0 radical (unpaired) electrons. The minimum atomic E-state index is -1.27. The van der Waals surface area contributed by atoms with Gasteiger partial charge in [0.25, 0.3) is 0 Å². The summed E-state index contributed by atoms with van der Waals surface area (Å²) >= 11 is 0. The number of H-pyrrole nitrogens is 1. The van der Waals surface area contributed by atoms with Crippen LogP contribution < -0.4 is 5.73 Å². The van der Waals surface area contributed by atoms with Crippen LogP contribution >= 0.6 is 0 Å². The molecule has 1 aromatic heterocycles. The van der Waals surface area contributed by atoms with E-state index in [4.69, 9.17) is 21.2 Å². The van der Waals surface area contributed by atoms with Gasteiger partial charge in [0.1, 0.15) is 23.7 Å². The smallest absolute Gasteiger partial charge is 0.349 e. The van der Waals surface area contributed by atoms with Gasteiger partial charge < -0.3 is 20.7 Å². The quantitative estimate of drug-likeness (QED) is 0.342. The third-order valence-electron chi connectivity index (χ3n) is 1.62. The minimum absolute atomic E-state index is 0.00926. The molecule has 0 aliphatic rings. The summed E-state index contributed by atoms with van der Waals surface area (Å²) in [5.74, 6) is -2.25. The van der Waals surface area contributed by atoms with Gasteiger partial charge in [0.15, 0.2) is 5.57 Å². The Morgan fingerprint density at radius 2 is 2.26 bits per heavy atom. The summed E-state index contributed by atoms with van der Waals surface area (Å²) in [6.07, 6.45) is 2.10. The maximum Gasteiger partial charge on any atom is 0.349 e. The molecule has 1 aromatic rings. The lowest BCUT2D eigenvalue weighted by atomic mass is 10.3. The normalized spacial score (nSPS) is 9.79. The highest BCUT2D eigenvalue weighted by Crippen LogP contribution is 2.03. The molecule has 0 fully saturated rings. The summed E-state index contributed by atoms with van der Waals surface area (Å²) in [5.41, 5.74) is 4.76. The maximum atomic E-state index is 10.1. The number of aromatic carboxylic acids is 1. The summed E-state index contributed by atoms with van der Waals surface area (Å²) in [6, 6.07) is 1.47.